The van der Waals surface area contributed by atoms with Crippen molar-refractivity contribution in [2.45, 2.75) is 85.4 Å². The molecule has 0 spiro atoms. The van der Waals surface area contributed by atoms with Gasteiger partial charge in [-0.2, -0.15) is 0 Å². The minimum absolute atomic E-state index is 0.0626. The van der Waals surface area contributed by atoms with E-state index in [1.54, 1.807) is 12.1 Å². The van der Waals surface area contributed by atoms with Crippen molar-refractivity contribution in [1.29, 1.82) is 0 Å². The lowest BCUT2D eigenvalue weighted by molar-refractivity contribution is 0.182. The summed E-state index contributed by atoms with van der Waals surface area (Å²) in [6.45, 7) is 21.2. The standard InChI is InChI=1S/C30H44FN3/c1-9-20(4)18-30(8,19(2)3)17-16-26-14-15-27(33-26)29-32-23(7)21(5)28(34-29)25-12-10-24(11-13-25)22(6)31/h9-13,16,19-21,23,27-28,33H,1,6,14-15,17-18H2,2-5,7-8H3,(H,32,34)/b26-16-/t20?,21-,23?,27?,28?,30?/m1/s1. The molecule has 0 saturated carbocycles. The van der Waals surface area contributed by atoms with Gasteiger partial charge in [0, 0.05) is 23.2 Å². The molecule has 1 fully saturated rings. The van der Waals surface area contributed by atoms with Gasteiger partial charge in [-0.1, -0.05) is 77.6 Å². The van der Waals surface area contributed by atoms with Crippen molar-refractivity contribution in [3.05, 3.63) is 66.4 Å². The normalized spacial score (nSPS) is 28.6. The van der Waals surface area contributed by atoms with Gasteiger partial charge in [-0.05, 0) is 55.4 Å². The molecule has 3 nitrogen and oxygen atoms in total. The highest BCUT2D eigenvalue weighted by molar-refractivity contribution is 5.89. The van der Waals surface area contributed by atoms with Crippen LogP contribution in [0, 0.1) is 23.2 Å². The number of hydrogen-bond acceptors (Lipinski definition) is 3. The first-order chi connectivity index (χ1) is 16.0. The molecule has 2 aliphatic rings. The second-order valence-electron chi connectivity index (χ2n) is 11.2. The van der Waals surface area contributed by atoms with E-state index in [1.807, 2.05) is 12.1 Å². The number of nitrogens with one attached hydrogen (secondary N) is 2. The van der Waals surface area contributed by atoms with Gasteiger partial charge in [0.2, 0.25) is 0 Å². The molecule has 34 heavy (non-hydrogen) atoms. The van der Waals surface area contributed by atoms with Crippen LogP contribution in [-0.4, -0.2) is 17.9 Å². The third-order valence-electron chi connectivity index (χ3n) is 8.30. The van der Waals surface area contributed by atoms with Crippen LogP contribution in [0.2, 0.25) is 0 Å². The van der Waals surface area contributed by atoms with E-state index < -0.39 is 5.83 Å². The maximum Gasteiger partial charge on any atom is 0.123 e. The van der Waals surface area contributed by atoms with Crippen LogP contribution in [0.3, 0.4) is 0 Å². The van der Waals surface area contributed by atoms with Crippen molar-refractivity contribution in [2.75, 3.05) is 0 Å². The van der Waals surface area contributed by atoms with Crippen molar-refractivity contribution in [2.24, 2.45) is 28.2 Å². The van der Waals surface area contributed by atoms with E-state index in [0.717, 1.165) is 37.1 Å². The Hall–Kier alpha value is -2.36. The molecule has 4 heteroatoms. The molecule has 1 aromatic carbocycles. The predicted molar refractivity (Wildman–Crippen MR) is 144 cm³/mol. The Balaban J connectivity index is 1.74. The van der Waals surface area contributed by atoms with Crippen molar-refractivity contribution in [1.82, 2.24) is 10.6 Å². The summed E-state index contributed by atoms with van der Waals surface area (Å²) in [4.78, 5) is 5.15. The van der Waals surface area contributed by atoms with E-state index in [0.29, 0.717) is 29.4 Å². The minimum Gasteiger partial charge on any atom is -0.379 e. The van der Waals surface area contributed by atoms with E-state index in [-0.39, 0.29) is 17.5 Å². The summed E-state index contributed by atoms with van der Waals surface area (Å²) < 4.78 is 13.5. The van der Waals surface area contributed by atoms with Crippen molar-refractivity contribution >= 4 is 11.7 Å². The van der Waals surface area contributed by atoms with Gasteiger partial charge in [-0.3, -0.25) is 4.99 Å². The summed E-state index contributed by atoms with van der Waals surface area (Å²) in [5.41, 5.74) is 3.25. The number of rotatable bonds is 9. The number of nitrogens with zero attached hydrogens (tertiary/aromatic N) is 1. The summed E-state index contributed by atoms with van der Waals surface area (Å²) in [6, 6.07) is 8.18. The minimum atomic E-state index is -0.399. The van der Waals surface area contributed by atoms with Gasteiger partial charge in [-0.15, -0.1) is 6.58 Å². The average Bonchev–Trinajstić information content (AvgIpc) is 3.28. The molecule has 0 aliphatic carbocycles. The van der Waals surface area contributed by atoms with E-state index in [9.17, 15) is 4.39 Å². The lowest BCUT2D eigenvalue weighted by Crippen LogP contribution is -2.50. The highest BCUT2D eigenvalue weighted by Crippen LogP contribution is 2.39. The highest BCUT2D eigenvalue weighted by Gasteiger charge is 2.34. The molecule has 3 rings (SSSR count). The number of amidine groups is 1. The van der Waals surface area contributed by atoms with Gasteiger partial charge in [0.1, 0.15) is 11.7 Å². The third kappa shape index (κ3) is 6.00. The van der Waals surface area contributed by atoms with Crippen LogP contribution in [0.25, 0.3) is 5.83 Å². The fraction of sp³-hybridized carbons (Fsp3) is 0.567. The molecular weight excluding hydrogens is 421 g/mol. The van der Waals surface area contributed by atoms with Crippen LogP contribution in [0.1, 0.15) is 84.4 Å². The zero-order valence-electron chi connectivity index (χ0n) is 22.0. The summed E-state index contributed by atoms with van der Waals surface area (Å²) in [5, 5.41) is 7.41. The highest BCUT2D eigenvalue weighted by atomic mass is 19.1. The molecule has 0 bridgehead atoms. The SMILES string of the molecule is C=CC(C)CC(C)(C/C=C1/CCC(C2=NC(c3ccc(C(=C)F)cc3)[C@H](C)C(C)N2)N1)C(C)C. The Bertz CT molecular complexity index is 929. The number of hydrogen-bond donors (Lipinski definition) is 2. The Kier molecular flexibility index (Phi) is 8.43. The molecular formula is C30H44FN3. The number of halogens is 1. The van der Waals surface area contributed by atoms with Crippen LogP contribution >= 0.6 is 0 Å². The van der Waals surface area contributed by atoms with Gasteiger partial charge >= 0.3 is 0 Å². The molecule has 1 aromatic rings. The van der Waals surface area contributed by atoms with Gasteiger partial charge in [0.05, 0.1) is 12.1 Å². The average molecular weight is 466 g/mol. The topological polar surface area (TPSA) is 36.4 Å². The van der Waals surface area contributed by atoms with Crippen LogP contribution in [0.5, 0.6) is 0 Å². The Labute approximate surface area is 206 Å². The molecule has 5 unspecified atom stereocenters. The van der Waals surface area contributed by atoms with Gasteiger partial charge in [0.15, 0.2) is 0 Å². The van der Waals surface area contributed by atoms with E-state index >= 15 is 0 Å². The van der Waals surface area contributed by atoms with Gasteiger partial charge < -0.3 is 10.6 Å². The second kappa shape index (κ2) is 10.9. The van der Waals surface area contributed by atoms with E-state index in [4.69, 9.17) is 4.99 Å². The Morgan fingerprint density at radius 2 is 1.88 bits per heavy atom. The summed E-state index contributed by atoms with van der Waals surface area (Å²) in [7, 11) is 0. The molecule has 0 amide bonds. The first-order valence-electron chi connectivity index (χ1n) is 12.9. The maximum atomic E-state index is 13.5. The third-order valence-corrected chi connectivity index (χ3v) is 8.30. The fourth-order valence-corrected chi connectivity index (χ4v) is 5.14. The zero-order chi connectivity index (χ0) is 25.0. The van der Waals surface area contributed by atoms with E-state index in [1.165, 1.54) is 5.70 Å². The first-order valence-corrected chi connectivity index (χ1v) is 12.9. The van der Waals surface area contributed by atoms with Gasteiger partial charge in [-0.25, -0.2) is 4.39 Å². The molecule has 0 radical (unpaired) electrons. The molecule has 2 aliphatic heterocycles. The quantitative estimate of drug-likeness (QED) is 0.368. The number of aliphatic imine (C=N–C) groups is 1. The van der Waals surface area contributed by atoms with Crippen LogP contribution < -0.4 is 10.6 Å². The zero-order valence-corrected chi connectivity index (χ0v) is 22.0. The summed E-state index contributed by atoms with van der Waals surface area (Å²) in [5.74, 6) is 2.12. The molecule has 186 valence electrons. The monoisotopic (exact) mass is 465 g/mol. The Morgan fingerprint density at radius 1 is 1.21 bits per heavy atom. The molecule has 1 saturated heterocycles. The van der Waals surface area contributed by atoms with Crippen LogP contribution in [0.15, 0.2) is 60.3 Å². The van der Waals surface area contributed by atoms with Crippen molar-refractivity contribution in [3.8, 4) is 0 Å². The maximum absolute atomic E-state index is 13.5. The van der Waals surface area contributed by atoms with Gasteiger partial charge in [0.25, 0.3) is 0 Å². The van der Waals surface area contributed by atoms with Crippen LogP contribution in [0.4, 0.5) is 4.39 Å². The molecule has 2 N–H and O–H groups in total. The van der Waals surface area contributed by atoms with Crippen LogP contribution in [-0.2, 0) is 0 Å². The largest absolute Gasteiger partial charge is 0.379 e. The smallest absolute Gasteiger partial charge is 0.123 e. The lowest BCUT2D eigenvalue weighted by Gasteiger charge is -2.36. The lowest BCUT2D eigenvalue weighted by atomic mass is 9.70. The predicted octanol–water partition coefficient (Wildman–Crippen LogP) is 7.59. The number of allylic oxidation sites excluding steroid dienone is 3. The summed E-state index contributed by atoms with van der Waals surface area (Å²) >= 11 is 0. The fourth-order valence-electron chi connectivity index (χ4n) is 5.14. The molecule has 6 atom stereocenters. The Morgan fingerprint density at radius 3 is 2.47 bits per heavy atom. The summed E-state index contributed by atoms with van der Waals surface area (Å²) in [6.07, 6.45) is 8.82. The van der Waals surface area contributed by atoms with Crippen molar-refractivity contribution < 1.29 is 4.39 Å². The molecule has 0 aromatic heterocycles. The second-order valence-corrected chi connectivity index (χ2v) is 11.2. The van der Waals surface area contributed by atoms with Crippen molar-refractivity contribution in [3.63, 3.8) is 0 Å². The first kappa shape index (κ1) is 26.2. The van der Waals surface area contributed by atoms with E-state index in [2.05, 4.69) is 77.5 Å². The number of benzene rings is 1. The molecule has 2 heterocycles.